The fraction of sp³-hybridized carbons (Fsp3) is 0.562. The molecule has 0 radical (unpaired) electrons. The summed E-state index contributed by atoms with van der Waals surface area (Å²) in [5, 5.41) is 18.8. The average molecular weight is 270 g/mol. The maximum atomic E-state index is 10.6. The van der Waals surface area contributed by atoms with E-state index in [2.05, 4.69) is 24.0 Å². The van der Waals surface area contributed by atoms with Gasteiger partial charge in [0, 0.05) is 13.3 Å². The predicted octanol–water partition coefficient (Wildman–Crippen LogP) is 2.72. The first-order valence-electron chi connectivity index (χ1n) is 6.68. The fourth-order valence-corrected chi connectivity index (χ4v) is 2.35. The summed E-state index contributed by atoms with van der Waals surface area (Å²) in [6, 6.07) is 4.25. The molecule has 0 N–H and O–H groups in total. The first-order valence-corrected chi connectivity index (χ1v) is 6.68. The van der Waals surface area contributed by atoms with Crippen molar-refractivity contribution < 1.29 is 9.53 Å². The number of nitriles is 2. The van der Waals surface area contributed by atoms with Crippen LogP contribution in [0.2, 0.25) is 0 Å². The zero-order valence-electron chi connectivity index (χ0n) is 11.9. The van der Waals surface area contributed by atoms with E-state index in [1.54, 1.807) is 0 Å². The third kappa shape index (κ3) is 3.87. The molecule has 1 aliphatic carbocycles. The van der Waals surface area contributed by atoms with Crippen LogP contribution in [-0.4, -0.2) is 12.6 Å². The van der Waals surface area contributed by atoms with Crippen LogP contribution in [0.5, 0.6) is 0 Å². The summed E-state index contributed by atoms with van der Waals surface area (Å²) in [6.07, 6.45) is 5.16. The SMILES string of the molecule is CC(=O)OCC#CCC(C#N)(C#N)C1=CCCCC1C. The molecule has 0 spiro atoms. The number of esters is 1. The Morgan fingerprint density at radius 3 is 2.70 bits per heavy atom. The number of ether oxygens (including phenoxy) is 1. The van der Waals surface area contributed by atoms with Crippen molar-refractivity contribution in [2.24, 2.45) is 11.3 Å². The highest BCUT2D eigenvalue weighted by Crippen LogP contribution is 2.39. The Hall–Kier alpha value is -2.25. The molecule has 0 aromatic carbocycles. The van der Waals surface area contributed by atoms with Crippen molar-refractivity contribution in [1.82, 2.24) is 0 Å². The Labute approximate surface area is 120 Å². The largest absolute Gasteiger partial charge is 0.453 e. The number of hydrogen-bond donors (Lipinski definition) is 0. The van der Waals surface area contributed by atoms with Gasteiger partial charge in [-0.1, -0.05) is 24.8 Å². The standard InChI is InChI=1S/C16H18N2O2/c1-13-7-3-4-8-15(13)16(11-17,12-18)9-5-6-10-20-14(2)19/h8,13H,3-4,7,9-10H2,1-2H3. The highest BCUT2D eigenvalue weighted by Gasteiger charge is 2.37. The number of rotatable bonds is 3. The van der Waals surface area contributed by atoms with E-state index in [1.165, 1.54) is 6.92 Å². The zero-order valence-corrected chi connectivity index (χ0v) is 11.9. The molecule has 0 saturated carbocycles. The summed E-state index contributed by atoms with van der Waals surface area (Å²) < 4.78 is 4.70. The minimum absolute atomic E-state index is 0.00310. The topological polar surface area (TPSA) is 73.9 Å². The molecule has 1 aliphatic rings. The molecule has 0 fully saturated rings. The molecule has 0 aliphatic heterocycles. The highest BCUT2D eigenvalue weighted by molar-refractivity contribution is 5.66. The van der Waals surface area contributed by atoms with Crippen LogP contribution in [0.1, 0.15) is 39.5 Å². The van der Waals surface area contributed by atoms with E-state index < -0.39 is 11.4 Å². The van der Waals surface area contributed by atoms with Crippen LogP contribution in [0, 0.1) is 45.8 Å². The van der Waals surface area contributed by atoms with Crippen LogP contribution in [0.25, 0.3) is 0 Å². The van der Waals surface area contributed by atoms with Crippen molar-refractivity contribution in [2.75, 3.05) is 6.61 Å². The number of nitrogens with zero attached hydrogens (tertiary/aromatic N) is 2. The summed E-state index contributed by atoms with van der Waals surface area (Å²) in [5.41, 5.74) is -0.293. The molecule has 0 amide bonds. The maximum absolute atomic E-state index is 10.6. The Bertz CT molecular complexity index is 524. The lowest BCUT2D eigenvalue weighted by atomic mass is 9.71. The van der Waals surface area contributed by atoms with Crippen LogP contribution in [-0.2, 0) is 9.53 Å². The van der Waals surface area contributed by atoms with E-state index >= 15 is 0 Å². The van der Waals surface area contributed by atoms with Gasteiger partial charge in [0.1, 0.15) is 0 Å². The maximum Gasteiger partial charge on any atom is 0.303 e. The molecule has 0 heterocycles. The summed E-state index contributed by atoms with van der Waals surface area (Å²) in [6.45, 7) is 3.35. The Morgan fingerprint density at radius 2 is 2.15 bits per heavy atom. The van der Waals surface area contributed by atoms with Crippen molar-refractivity contribution in [2.45, 2.75) is 39.5 Å². The van der Waals surface area contributed by atoms with Gasteiger partial charge in [0.05, 0.1) is 12.1 Å². The highest BCUT2D eigenvalue weighted by atomic mass is 16.5. The Morgan fingerprint density at radius 1 is 1.45 bits per heavy atom. The monoisotopic (exact) mass is 270 g/mol. The van der Waals surface area contributed by atoms with Crippen LogP contribution in [0.15, 0.2) is 11.6 Å². The average Bonchev–Trinajstić information content (AvgIpc) is 2.44. The number of allylic oxidation sites excluding steroid dienone is 2. The van der Waals surface area contributed by atoms with Gasteiger partial charge in [-0.2, -0.15) is 10.5 Å². The third-order valence-corrected chi connectivity index (χ3v) is 3.44. The summed E-state index contributed by atoms with van der Waals surface area (Å²) >= 11 is 0. The number of carbonyl (C=O) groups excluding carboxylic acids is 1. The van der Waals surface area contributed by atoms with Gasteiger partial charge in [0.25, 0.3) is 0 Å². The molecule has 1 rings (SSSR count). The summed E-state index contributed by atoms with van der Waals surface area (Å²) in [4.78, 5) is 10.6. The molecule has 1 unspecified atom stereocenters. The molecule has 4 nitrogen and oxygen atoms in total. The molecular weight excluding hydrogens is 252 g/mol. The van der Waals surface area contributed by atoms with Gasteiger partial charge in [-0.05, 0) is 30.8 Å². The van der Waals surface area contributed by atoms with Crippen LogP contribution in [0.4, 0.5) is 0 Å². The van der Waals surface area contributed by atoms with Crippen molar-refractivity contribution >= 4 is 5.97 Å². The van der Waals surface area contributed by atoms with Crippen molar-refractivity contribution in [3.63, 3.8) is 0 Å². The molecule has 0 saturated heterocycles. The first kappa shape index (κ1) is 15.8. The molecule has 104 valence electrons. The lowest BCUT2D eigenvalue weighted by Gasteiger charge is -2.28. The molecule has 20 heavy (non-hydrogen) atoms. The smallest absolute Gasteiger partial charge is 0.303 e. The molecule has 4 heteroatoms. The second-order valence-electron chi connectivity index (χ2n) is 4.93. The van der Waals surface area contributed by atoms with E-state index in [0.717, 1.165) is 24.8 Å². The second kappa shape index (κ2) is 7.37. The van der Waals surface area contributed by atoms with Crippen molar-refractivity contribution in [3.05, 3.63) is 11.6 Å². The van der Waals surface area contributed by atoms with Crippen molar-refractivity contribution in [1.29, 1.82) is 10.5 Å². The van der Waals surface area contributed by atoms with Crippen molar-refractivity contribution in [3.8, 4) is 24.0 Å². The zero-order chi connectivity index (χ0) is 15.0. The van der Waals surface area contributed by atoms with E-state index in [9.17, 15) is 15.3 Å². The quantitative estimate of drug-likeness (QED) is 0.449. The van der Waals surface area contributed by atoms with Crippen LogP contribution < -0.4 is 0 Å². The molecule has 0 bridgehead atoms. The fourth-order valence-electron chi connectivity index (χ4n) is 2.35. The van der Waals surface area contributed by atoms with Gasteiger partial charge in [-0.25, -0.2) is 0 Å². The van der Waals surface area contributed by atoms with Gasteiger partial charge >= 0.3 is 5.97 Å². The lowest BCUT2D eigenvalue weighted by Crippen LogP contribution is -2.25. The number of carbonyl (C=O) groups is 1. The normalized spacial score (nSPS) is 17.8. The van der Waals surface area contributed by atoms with E-state index in [1.807, 2.05) is 13.0 Å². The van der Waals surface area contributed by atoms with Gasteiger partial charge < -0.3 is 4.74 Å². The predicted molar refractivity (Wildman–Crippen MR) is 73.8 cm³/mol. The van der Waals surface area contributed by atoms with Crippen LogP contribution in [0.3, 0.4) is 0 Å². The van der Waals surface area contributed by atoms with Gasteiger partial charge in [0.2, 0.25) is 0 Å². The van der Waals surface area contributed by atoms with E-state index in [-0.39, 0.29) is 18.9 Å². The molecule has 0 aromatic rings. The van der Waals surface area contributed by atoms with Crippen LogP contribution >= 0.6 is 0 Å². The Kier molecular flexibility index (Phi) is 5.82. The lowest BCUT2D eigenvalue weighted by molar-refractivity contribution is -0.139. The van der Waals surface area contributed by atoms with Gasteiger partial charge in [-0.15, -0.1) is 0 Å². The molecule has 1 atom stereocenters. The van der Waals surface area contributed by atoms with Gasteiger partial charge in [0.15, 0.2) is 12.0 Å². The summed E-state index contributed by atoms with van der Waals surface area (Å²) in [7, 11) is 0. The molecular formula is C16H18N2O2. The summed E-state index contributed by atoms with van der Waals surface area (Å²) in [5.74, 6) is 5.30. The minimum atomic E-state index is -1.18. The first-order chi connectivity index (χ1) is 9.55. The third-order valence-electron chi connectivity index (χ3n) is 3.44. The Balaban J connectivity index is 2.83. The van der Waals surface area contributed by atoms with Gasteiger partial charge in [-0.3, -0.25) is 4.79 Å². The second-order valence-corrected chi connectivity index (χ2v) is 4.93. The van der Waals surface area contributed by atoms with E-state index in [0.29, 0.717) is 0 Å². The minimum Gasteiger partial charge on any atom is -0.453 e. The van der Waals surface area contributed by atoms with E-state index in [4.69, 9.17) is 4.74 Å². The number of hydrogen-bond acceptors (Lipinski definition) is 4. The molecule has 0 aromatic heterocycles.